The highest BCUT2D eigenvalue weighted by Crippen LogP contribution is 2.00. The fourth-order valence-corrected chi connectivity index (χ4v) is 0.817. The Labute approximate surface area is 82.5 Å². The molecule has 0 unspecified atom stereocenters. The van der Waals surface area contributed by atoms with Gasteiger partial charge in [0.05, 0.1) is 20.3 Å². The van der Waals surface area contributed by atoms with E-state index in [2.05, 4.69) is 14.8 Å². The van der Waals surface area contributed by atoms with Crippen LogP contribution in [-0.4, -0.2) is 45.5 Å². The Morgan fingerprint density at radius 1 is 1.14 bits per heavy atom. The first-order chi connectivity index (χ1) is 6.56. The Morgan fingerprint density at radius 3 is 2.07 bits per heavy atom. The van der Waals surface area contributed by atoms with E-state index in [-0.39, 0.29) is 0 Å². The van der Waals surface area contributed by atoms with Crippen LogP contribution in [0.1, 0.15) is 6.92 Å². The molecule has 6 nitrogen and oxygen atoms in total. The van der Waals surface area contributed by atoms with Crippen LogP contribution in [0.4, 0.5) is 4.79 Å². The third kappa shape index (κ3) is 3.61. The van der Waals surface area contributed by atoms with Gasteiger partial charge in [0.15, 0.2) is 6.04 Å². The van der Waals surface area contributed by atoms with Gasteiger partial charge in [0.25, 0.3) is 0 Å². The molecular weight excluding hydrogens is 190 g/mol. The minimum atomic E-state index is -0.863. The molecule has 0 aromatic heterocycles. The molecule has 0 aromatic carbocycles. The summed E-state index contributed by atoms with van der Waals surface area (Å²) >= 11 is 0. The van der Waals surface area contributed by atoms with E-state index in [1.54, 1.807) is 6.92 Å². The fraction of sp³-hybridized carbons (Fsp3) is 0.750. The highest BCUT2D eigenvalue weighted by atomic mass is 16.5. The minimum absolute atomic E-state index is 0.485. The second kappa shape index (κ2) is 6.20. The quantitative estimate of drug-likeness (QED) is 0.650. The van der Waals surface area contributed by atoms with E-state index >= 15 is 0 Å². The van der Waals surface area contributed by atoms with Crippen molar-refractivity contribution in [2.75, 3.05) is 21.3 Å². The van der Waals surface area contributed by atoms with Gasteiger partial charge >= 0.3 is 12.1 Å². The molecular formula is C8H15NO5. The van der Waals surface area contributed by atoms with Crippen molar-refractivity contribution in [3.8, 4) is 0 Å². The average molecular weight is 205 g/mol. The molecule has 0 bridgehead atoms. The van der Waals surface area contributed by atoms with Crippen molar-refractivity contribution in [3.05, 3.63) is 0 Å². The average Bonchev–Trinajstić information content (AvgIpc) is 2.23. The predicted octanol–water partition coefficient (Wildman–Crippen LogP) is -0.0811. The zero-order chi connectivity index (χ0) is 11.1. The molecule has 1 N–H and O–H groups in total. The largest absolute Gasteiger partial charge is 0.467 e. The molecule has 0 aromatic rings. The van der Waals surface area contributed by atoms with Crippen molar-refractivity contribution < 1.29 is 23.8 Å². The number of carbonyl (C=O) groups is 2. The molecule has 2 atom stereocenters. The molecule has 6 heteroatoms. The number of hydrogen-bond acceptors (Lipinski definition) is 5. The molecule has 0 aliphatic heterocycles. The number of amides is 1. The van der Waals surface area contributed by atoms with Crippen LogP contribution in [0.2, 0.25) is 0 Å². The van der Waals surface area contributed by atoms with Gasteiger partial charge in [-0.25, -0.2) is 9.59 Å². The van der Waals surface area contributed by atoms with Gasteiger partial charge in [0.2, 0.25) is 0 Å². The van der Waals surface area contributed by atoms with Crippen LogP contribution in [0.15, 0.2) is 0 Å². The minimum Gasteiger partial charge on any atom is -0.467 e. The van der Waals surface area contributed by atoms with E-state index in [4.69, 9.17) is 4.74 Å². The Hall–Kier alpha value is -1.30. The molecule has 82 valence electrons. The molecule has 0 spiro atoms. The third-order valence-corrected chi connectivity index (χ3v) is 1.76. The number of esters is 1. The summed E-state index contributed by atoms with van der Waals surface area (Å²) < 4.78 is 13.8. The normalized spacial score (nSPS) is 14.0. The molecule has 1 amide bonds. The molecule has 0 saturated heterocycles. The van der Waals surface area contributed by atoms with E-state index in [1.807, 2.05) is 0 Å². The van der Waals surface area contributed by atoms with Gasteiger partial charge in [-0.15, -0.1) is 0 Å². The lowest BCUT2D eigenvalue weighted by molar-refractivity contribution is -0.146. The first kappa shape index (κ1) is 12.7. The van der Waals surface area contributed by atoms with Crippen molar-refractivity contribution in [1.82, 2.24) is 5.32 Å². The number of carbonyl (C=O) groups excluding carboxylic acids is 2. The summed E-state index contributed by atoms with van der Waals surface area (Å²) in [6.07, 6.45) is -1.19. The van der Waals surface area contributed by atoms with Crippen LogP contribution in [0, 0.1) is 0 Å². The van der Waals surface area contributed by atoms with Gasteiger partial charge in [-0.1, -0.05) is 0 Å². The van der Waals surface area contributed by atoms with Crippen molar-refractivity contribution >= 4 is 12.1 Å². The standard InChI is InChI=1S/C8H15NO5/c1-5(12-2)6(7(10)13-3)9-8(11)14-4/h5-6H,1-4H3,(H,9,11)/t5-,6+/m1/s1. The fourth-order valence-electron chi connectivity index (χ4n) is 0.817. The van der Waals surface area contributed by atoms with Crippen LogP contribution in [0.3, 0.4) is 0 Å². The van der Waals surface area contributed by atoms with Crippen LogP contribution >= 0.6 is 0 Å². The van der Waals surface area contributed by atoms with Gasteiger partial charge < -0.3 is 19.5 Å². The molecule has 0 heterocycles. The SMILES string of the molecule is COC(=O)N[C@H](C(=O)OC)[C@@H](C)OC. The van der Waals surface area contributed by atoms with Gasteiger partial charge in [-0.3, -0.25) is 0 Å². The van der Waals surface area contributed by atoms with Gasteiger partial charge in [-0.2, -0.15) is 0 Å². The van der Waals surface area contributed by atoms with E-state index in [0.717, 1.165) is 0 Å². The van der Waals surface area contributed by atoms with E-state index in [0.29, 0.717) is 0 Å². The van der Waals surface area contributed by atoms with Crippen molar-refractivity contribution in [2.24, 2.45) is 0 Å². The summed E-state index contributed by atoms with van der Waals surface area (Å²) in [7, 11) is 3.87. The van der Waals surface area contributed by atoms with Crippen molar-refractivity contribution in [2.45, 2.75) is 19.1 Å². The number of rotatable bonds is 4. The third-order valence-electron chi connectivity index (χ3n) is 1.76. The van der Waals surface area contributed by atoms with Crippen LogP contribution in [0.5, 0.6) is 0 Å². The zero-order valence-corrected chi connectivity index (χ0v) is 8.70. The Morgan fingerprint density at radius 2 is 1.71 bits per heavy atom. The van der Waals surface area contributed by atoms with Crippen LogP contribution < -0.4 is 5.32 Å². The van der Waals surface area contributed by atoms with Crippen LogP contribution in [0.25, 0.3) is 0 Å². The molecule has 0 aliphatic carbocycles. The summed E-state index contributed by atoms with van der Waals surface area (Å²) in [4.78, 5) is 22.1. The zero-order valence-electron chi connectivity index (χ0n) is 8.70. The maximum absolute atomic E-state index is 11.2. The summed E-state index contributed by atoms with van der Waals surface area (Å²) in [5.41, 5.74) is 0. The monoisotopic (exact) mass is 205 g/mol. The highest BCUT2D eigenvalue weighted by molar-refractivity contribution is 5.81. The lowest BCUT2D eigenvalue weighted by Gasteiger charge is -2.20. The summed E-state index contributed by atoms with van der Waals surface area (Å²) in [6.45, 7) is 1.64. The summed E-state index contributed by atoms with van der Waals surface area (Å²) in [5, 5.41) is 2.31. The van der Waals surface area contributed by atoms with Gasteiger partial charge in [-0.05, 0) is 6.92 Å². The van der Waals surface area contributed by atoms with Crippen molar-refractivity contribution in [1.29, 1.82) is 0 Å². The Balaban J connectivity index is 4.39. The second-order valence-corrected chi connectivity index (χ2v) is 2.58. The Bertz CT molecular complexity index is 206. The first-order valence-corrected chi connectivity index (χ1v) is 4.01. The van der Waals surface area contributed by atoms with Crippen molar-refractivity contribution in [3.63, 3.8) is 0 Å². The molecule has 0 saturated carbocycles. The van der Waals surface area contributed by atoms with E-state index < -0.39 is 24.2 Å². The number of hydrogen-bond donors (Lipinski definition) is 1. The smallest absolute Gasteiger partial charge is 0.407 e. The lowest BCUT2D eigenvalue weighted by atomic mass is 10.2. The molecule has 0 radical (unpaired) electrons. The lowest BCUT2D eigenvalue weighted by Crippen LogP contribution is -2.48. The van der Waals surface area contributed by atoms with Gasteiger partial charge in [0, 0.05) is 7.11 Å². The highest BCUT2D eigenvalue weighted by Gasteiger charge is 2.27. The number of alkyl carbamates (subject to hydrolysis) is 1. The maximum atomic E-state index is 11.2. The molecule has 0 rings (SSSR count). The topological polar surface area (TPSA) is 73.9 Å². The van der Waals surface area contributed by atoms with E-state index in [1.165, 1.54) is 21.3 Å². The molecule has 0 aliphatic rings. The number of methoxy groups -OCH3 is 3. The number of ether oxygens (including phenoxy) is 3. The summed E-state index contributed by atoms with van der Waals surface area (Å²) in [5.74, 6) is -0.579. The molecule has 0 fully saturated rings. The second-order valence-electron chi connectivity index (χ2n) is 2.58. The maximum Gasteiger partial charge on any atom is 0.407 e. The first-order valence-electron chi connectivity index (χ1n) is 4.01. The number of nitrogens with one attached hydrogen (secondary N) is 1. The van der Waals surface area contributed by atoms with Crippen LogP contribution in [-0.2, 0) is 19.0 Å². The van der Waals surface area contributed by atoms with Gasteiger partial charge in [0.1, 0.15) is 0 Å². The molecule has 14 heavy (non-hydrogen) atoms. The van der Waals surface area contributed by atoms with E-state index in [9.17, 15) is 9.59 Å². The Kier molecular flexibility index (Phi) is 5.62. The predicted molar refractivity (Wildman–Crippen MR) is 47.8 cm³/mol. The summed E-state index contributed by atoms with van der Waals surface area (Å²) in [6, 6.07) is -0.863.